The SMILES string of the molecule is CN1CC2C[C@H]1C[C@H]2Oc1ccc(N2C(=S)N(c3cnc(C#N)c(C(F)(F)F)c3)C(=O)C23CCC3)cc1. The first-order valence-corrected chi connectivity index (χ1v) is 12.7. The van der Waals surface area contributed by atoms with Gasteiger partial charge in [0.15, 0.2) is 10.8 Å². The average molecular weight is 528 g/mol. The lowest BCUT2D eigenvalue weighted by Gasteiger charge is -2.43. The molecule has 0 N–H and O–H groups in total. The lowest BCUT2D eigenvalue weighted by Crippen LogP contribution is -2.55. The summed E-state index contributed by atoms with van der Waals surface area (Å²) in [5.74, 6) is 0.883. The van der Waals surface area contributed by atoms with Crippen LogP contribution in [0.25, 0.3) is 0 Å². The number of carbonyl (C=O) groups excluding carboxylic acids is 1. The zero-order valence-corrected chi connectivity index (χ0v) is 20.8. The molecule has 1 aromatic carbocycles. The maximum atomic E-state index is 13.6. The van der Waals surface area contributed by atoms with Gasteiger partial charge in [-0.15, -0.1) is 0 Å². The number of halogens is 3. The predicted molar refractivity (Wildman–Crippen MR) is 133 cm³/mol. The molecule has 1 spiro atoms. The molecule has 7 nitrogen and oxygen atoms in total. The number of rotatable bonds is 4. The lowest BCUT2D eigenvalue weighted by atomic mass is 9.75. The van der Waals surface area contributed by atoms with Crippen molar-refractivity contribution >= 4 is 34.6 Å². The minimum atomic E-state index is -4.80. The Balaban J connectivity index is 1.28. The van der Waals surface area contributed by atoms with E-state index < -0.39 is 23.0 Å². The Kier molecular flexibility index (Phi) is 5.47. The van der Waals surface area contributed by atoms with E-state index in [9.17, 15) is 18.0 Å². The van der Waals surface area contributed by atoms with Crippen molar-refractivity contribution in [3.8, 4) is 11.8 Å². The Bertz CT molecular complexity index is 1320. The fourth-order valence-corrected chi connectivity index (χ4v) is 6.68. The highest BCUT2D eigenvalue weighted by atomic mass is 32.1. The fraction of sp³-hybridized carbons (Fsp3) is 0.462. The van der Waals surface area contributed by atoms with E-state index in [2.05, 4.69) is 16.9 Å². The van der Waals surface area contributed by atoms with E-state index in [0.29, 0.717) is 30.5 Å². The molecule has 1 amide bonds. The van der Waals surface area contributed by atoms with E-state index in [-0.39, 0.29) is 22.8 Å². The van der Waals surface area contributed by atoms with Gasteiger partial charge in [-0.1, -0.05) is 0 Å². The highest BCUT2D eigenvalue weighted by Gasteiger charge is 2.59. The number of anilines is 2. The number of pyridine rings is 1. The van der Waals surface area contributed by atoms with Crippen molar-refractivity contribution in [2.45, 2.75) is 56.0 Å². The molecule has 0 radical (unpaired) electrons. The smallest absolute Gasteiger partial charge is 0.419 e. The summed E-state index contributed by atoms with van der Waals surface area (Å²) < 4.78 is 47.0. The van der Waals surface area contributed by atoms with Gasteiger partial charge in [0.05, 0.1) is 17.4 Å². The van der Waals surface area contributed by atoms with Crippen LogP contribution in [-0.2, 0) is 11.0 Å². The molecule has 2 aromatic rings. The molecule has 2 saturated heterocycles. The number of thiocarbonyl (C=S) groups is 1. The van der Waals surface area contributed by atoms with Gasteiger partial charge in [0.1, 0.15) is 23.5 Å². The molecule has 3 atom stereocenters. The summed E-state index contributed by atoms with van der Waals surface area (Å²) in [5, 5.41) is 9.17. The van der Waals surface area contributed by atoms with Gasteiger partial charge in [-0.2, -0.15) is 18.4 Å². The number of piperidine rings is 1. The molecule has 4 fully saturated rings. The van der Waals surface area contributed by atoms with Crippen LogP contribution in [0.3, 0.4) is 0 Å². The predicted octanol–water partition coefficient (Wildman–Crippen LogP) is 4.50. The van der Waals surface area contributed by atoms with Crippen molar-refractivity contribution in [1.29, 1.82) is 5.26 Å². The van der Waals surface area contributed by atoms with Crippen LogP contribution in [0.5, 0.6) is 5.75 Å². The number of nitrogens with zero attached hydrogens (tertiary/aromatic N) is 5. The topological polar surface area (TPSA) is 72.7 Å². The van der Waals surface area contributed by atoms with Gasteiger partial charge in [0.2, 0.25) is 0 Å². The molecule has 3 heterocycles. The van der Waals surface area contributed by atoms with Crippen LogP contribution >= 0.6 is 12.2 Å². The fourth-order valence-electron chi connectivity index (χ4n) is 6.21. The number of benzene rings is 1. The van der Waals surface area contributed by atoms with Crippen molar-refractivity contribution in [2.75, 3.05) is 23.4 Å². The standard InChI is InChI=1S/C26H24F3N5O2S/c1-32-14-15-9-17(32)11-22(15)36-19-5-3-16(4-6-19)34-24(37)33(23(35)25(34)7-2-8-25)18-10-20(26(27,28)29)21(12-30)31-13-18/h3-6,10,13,15,17,22H,2,7-9,11,14H2,1H3/t15?,17-,22+/m0/s1. The summed E-state index contributed by atoms with van der Waals surface area (Å²) in [4.78, 5) is 22.5. The molecular weight excluding hydrogens is 503 g/mol. The van der Waals surface area contributed by atoms with Gasteiger partial charge in [0, 0.05) is 30.6 Å². The van der Waals surface area contributed by atoms with E-state index in [4.69, 9.17) is 22.2 Å². The number of nitriles is 1. The number of amides is 1. The number of fused-ring (bicyclic) bond motifs is 2. The summed E-state index contributed by atoms with van der Waals surface area (Å²) in [6.45, 7) is 1.04. The Labute approximate surface area is 217 Å². The van der Waals surface area contributed by atoms with Crippen molar-refractivity contribution in [3.63, 3.8) is 0 Å². The highest BCUT2D eigenvalue weighted by Crippen LogP contribution is 2.48. The maximum absolute atomic E-state index is 13.6. The van der Waals surface area contributed by atoms with Crippen LogP contribution < -0.4 is 14.5 Å². The van der Waals surface area contributed by atoms with Crippen LogP contribution in [0.4, 0.5) is 24.5 Å². The van der Waals surface area contributed by atoms with Crippen LogP contribution in [0.2, 0.25) is 0 Å². The van der Waals surface area contributed by atoms with Crippen LogP contribution in [0, 0.1) is 17.2 Å². The molecule has 37 heavy (non-hydrogen) atoms. The van der Waals surface area contributed by atoms with Gasteiger partial charge in [-0.05, 0) is 75.3 Å². The Morgan fingerprint density at radius 1 is 1.19 bits per heavy atom. The van der Waals surface area contributed by atoms with E-state index in [1.54, 1.807) is 4.90 Å². The second-order valence-corrected chi connectivity index (χ2v) is 10.7. The molecule has 1 unspecified atom stereocenters. The molecule has 4 aliphatic rings. The van der Waals surface area contributed by atoms with Crippen LogP contribution in [-0.4, -0.2) is 52.2 Å². The van der Waals surface area contributed by atoms with Crippen LogP contribution in [0.15, 0.2) is 36.5 Å². The molecule has 6 rings (SSSR count). The third-order valence-corrected chi connectivity index (χ3v) is 8.63. The van der Waals surface area contributed by atoms with Gasteiger partial charge < -0.3 is 14.5 Å². The van der Waals surface area contributed by atoms with E-state index in [1.165, 1.54) is 6.07 Å². The van der Waals surface area contributed by atoms with Crippen molar-refractivity contribution in [1.82, 2.24) is 9.88 Å². The van der Waals surface area contributed by atoms with E-state index in [1.807, 2.05) is 24.3 Å². The van der Waals surface area contributed by atoms with Gasteiger partial charge in [-0.3, -0.25) is 9.69 Å². The number of likely N-dealkylation sites (tertiary alicyclic amines) is 1. The Morgan fingerprint density at radius 2 is 1.92 bits per heavy atom. The molecule has 2 bridgehead atoms. The zero-order chi connectivity index (χ0) is 26.1. The monoisotopic (exact) mass is 527 g/mol. The number of alkyl halides is 3. The third kappa shape index (κ3) is 3.68. The molecule has 2 aliphatic heterocycles. The Hall–Kier alpha value is -3.23. The third-order valence-electron chi connectivity index (χ3n) is 8.27. The number of hydrogen-bond acceptors (Lipinski definition) is 6. The van der Waals surface area contributed by atoms with Gasteiger partial charge >= 0.3 is 6.18 Å². The molecule has 1 aromatic heterocycles. The molecule has 11 heteroatoms. The summed E-state index contributed by atoms with van der Waals surface area (Å²) in [5.41, 5.74) is -2.31. The van der Waals surface area contributed by atoms with Crippen molar-refractivity contribution < 1.29 is 22.7 Å². The summed E-state index contributed by atoms with van der Waals surface area (Å²) in [7, 11) is 2.15. The number of hydrogen-bond donors (Lipinski definition) is 0. The van der Waals surface area contributed by atoms with E-state index >= 15 is 0 Å². The quantitative estimate of drug-likeness (QED) is 0.542. The number of ether oxygens (including phenoxy) is 1. The van der Waals surface area contributed by atoms with Crippen molar-refractivity contribution in [3.05, 3.63) is 47.8 Å². The van der Waals surface area contributed by atoms with Crippen molar-refractivity contribution in [2.24, 2.45) is 5.92 Å². The van der Waals surface area contributed by atoms with E-state index in [0.717, 1.165) is 48.7 Å². The first kappa shape index (κ1) is 24.1. The van der Waals surface area contributed by atoms with Gasteiger partial charge in [0.25, 0.3) is 5.91 Å². The number of carbonyl (C=O) groups is 1. The normalized spacial score (nSPS) is 26.6. The summed E-state index contributed by atoms with van der Waals surface area (Å²) >= 11 is 5.67. The largest absolute Gasteiger partial charge is 0.490 e. The Morgan fingerprint density at radius 3 is 2.46 bits per heavy atom. The highest BCUT2D eigenvalue weighted by molar-refractivity contribution is 7.81. The minimum absolute atomic E-state index is 0.0918. The molecule has 2 aliphatic carbocycles. The molecule has 192 valence electrons. The van der Waals surface area contributed by atoms with Gasteiger partial charge in [-0.25, -0.2) is 4.98 Å². The zero-order valence-electron chi connectivity index (χ0n) is 20.0. The summed E-state index contributed by atoms with van der Waals surface area (Å²) in [6, 6.07) is 10.2. The second-order valence-electron chi connectivity index (χ2n) is 10.3. The molecule has 2 saturated carbocycles. The maximum Gasteiger partial charge on any atom is 0.419 e. The summed E-state index contributed by atoms with van der Waals surface area (Å²) in [6.07, 6.45) is 0.518. The lowest BCUT2D eigenvalue weighted by molar-refractivity contribution is -0.138. The molecular formula is C26H24F3N5O2S. The first-order valence-electron chi connectivity index (χ1n) is 12.3. The number of aromatic nitrogens is 1. The average Bonchev–Trinajstić information content (AvgIpc) is 3.47. The first-order chi connectivity index (χ1) is 17.6. The second kappa shape index (κ2) is 8.39. The minimum Gasteiger partial charge on any atom is -0.490 e. The van der Waals surface area contributed by atoms with Crippen LogP contribution in [0.1, 0.15) is 43.4 Å².